The number of nitrogens with one attached hydrogen (secondary N) is 2. The zero-order chi connectivity index (χ0) is 28.3. The minimum atomic E-state index is 0.698. The van der Waals surface area contributed by atoms with E-state index >= 15 is 0 Å². The van der Waals surface area contributed by atoms with Crippen molar-refractivity contribution in [3.63, 3.8) is 0 Å². The summed E-state index contributed by atoms with van der Waals surface area (Å²) >= 11 is 0. The maximum atomic E-state index is 6.59. The number of aromatic amines is 1. The number of hydrogen-bond donors (Lipinski definition) is 2. The molecule has 4 aromatic carbocycles. The fourth-order valence-corrected chi connectivity index (χ4v) is 7.53. The third-order valence-electron chi connectivity index (χ3n) is 9.84. The summed E-state index contributed by atoms with van der Waals surface area (Å²) in [5.41, 5.74) is 9.15. The number of aromatic nitrogens is 1. The van der Waals surface area contributed by atoms with Gasteiger partial charge in [-0.2, -0.15) is 0 Å². The number of fused-ring (bicyclic) bond motifs is 3. The summed E-state index contributed by atoms with van der Waals surface area (Å²) < 4.78 is 6.59. The molecular weight excluding hydrogens is 512 g/mol. The Kier molecular flexibility index (Phi) is 8.02. The number of hydrogen-bond acceptors (Lipinski definition) is 2. The molecule has 0 radical (unpaired) electrons. The zero-order valence-corrected chi connectivity index (χ0v) is 25.1. The maximum absolute atomic E-state index is 6.59. The van der Waals surface area contributed by atoms with Crippen LogP contribution in [0.2, 0.25) is 0 Å². The van der Waals surface area contributed by atoms with Gasteiger partial charge in [-0.05, 0) is 110 Å². The molecule has 1 heterocycles. The van der Waals surface area contributed by atoms with Gasteiger partial charge in [-0.3, -0.25) is 0 Å². The summed E-state index contributed by atoms with van der Waals surface area (Å²) in [6.07, 6.45) is 14.8. The Balaban J connectivity index is 1.14. The van der Waals surface area contributed by atoms with Crippen molar-refractivity contribution in [2.75, 3.05) is 6.54 Å². The van der Waals surface area contributed by atoms with Crippen LogP contribution in [0.1, 0.15) is 86.8 Å². The largest absolute Gasteiger partial charge is 0.456 e. The van der Waals surface area contributed by atoms with E-state index in [2.05, 4.69) is 96.1 Å². The molecule has 2 aliphatic carbocycles. The number of aryl methyl sites for hydroxylation is 1. The number of benzene rings is 4. The fraction of sp³-hybridized carbons (Fsp3) is 0.385. The predicted octanol–water partition coefficient (Wildman–Crippen LogP) is 10.6. The minimum Gasteiger partial charge on any atom is -0.456 e. The second kappa shape index (κ2) is 12.4. The normalized spacial score (nSPS) is 16.8. The SMILES string of the molecule is Cc1cc(-c2ccc(CCNC3CCCCC3)c(C3CCCCC3)c2)ccc1Oc1cccc2[nH]c3ccccc3c12. The molecule has 0 bridgehead atoms. The molecule has 42 heavy (non-hydrogen) atoms. The standard InChI is InChI=1S/C39H44N2O/c1-27-25-30(21-22-37(27)42-38-18-10-17-36-39(38)33-15-8-9-16-35(33)41-36)31-20-19-29(23-24-40-32-13-6-3-7-14-32)34(26-31)28-11-4-2-5-12-28/h8-10,15-22,25-26,28,32,40-41H,2-7,11-14,23-24H2,1H3. The van der Waals surface area contributed by atoms with Crippen LogP contribution in [0.4, 0.5) is 0 Å². The van der Waals surface area contributed by atoms with Gasteiger partial charge in [-0.15, -0.1) is 0 Å². The van der Waals surface area contributed by atoms with E-state index in [0.29, 0.717) is 5.92 Å². The number of rotatable bonds is 8. The van der Waals surface area contributed by atoms with Gasteiger partial charge in [-0.25, -0.2) is 0 Å². The monoisotopic (exact) mass is 556 g/mol. The van der Waals surface area contributed by atoms with Gasteiger partial charge in [0, 0.05) is 16.9 Å². The van der Waals surface area contributed by atoms with Gasteiger partial charge in [-0.1, -0.05) is 87.1 Å². The highest BCUT2D eigenvalue weighted by Gasteiger charge is 2.20. The molecule has 5 aromatic rings. The molecule has 3 nitrogen and oxygen atoms in total. The van der Waals surface area contributed by atoms with Crippen LogP contribution in [0, 0.1) is 6.92 Å². The van der Waals surface area contributed by atoms with Gasteiger partial charge in [0.05, 0.1) is 10.9 Å². The summed E-state index contributed by atoms with van der Waals surface area (Å²) in [7, 11) is 0. The van der Waals surface area contributed by atoms with Crippen molar-refractivity contribution >= 4 is 21.8 Å². The molecule has 0 saturated heterocycles. The first-order valence-corrected chi connectivity index (χ1v) is 16.4. The van der Waals surface area contributed by atoms with E-state index in [1.807, 2.05) is 0 Å². The zero-order valence-electron chi connectivity index (χ0n) is 25.1. The Bertz CT molecular complexity index is 1670. The lowest BCUT2D eigenvalue weighted by atomic mass is 9.80. The van der Waals surface area contributed by atoms with Crippen molar-refractivity contribution < 1.29 is 4.74 Å². The highest BCUT2D eigenvalue weighted by Crippen LogP contribution is 2.39. The van der Waals surface area contributed by atoms with Gasteiger partial charge >= 0.3 is 0 Å². The van der Waals surface area contributed by atoms with Crippen molar-refractivity contribution in [2.24, 2.45) is 0 Å². The average molecular weight is 557 g/mol. The Morgan fingerprint density at radius 1 is 0.714 bits per heavy atom. The Morgan fingerprint density at radius 3 is 2.29 bits per heavy atom. The highest BCUT2D eigenvalue weighted by atomic mass is 16.5. The molecule has 2 saturated carbocycles. The van der Waals surface area contributed by atoms with Crippen molar-refractivity contribution in [2.45, 2.75) is 89.5 Å². The topological polar surface area (TPSA) is 37.0 Å². The molecule has 0 unspecified atom stereocenters. The van der Waals surface area contributed by atoms with Crippen LogP contribution in [0.15, 0.2) is 78.9 Å². The molecule has 0 atom stereocenters. The lowest BCUT2D eigenvalue weighted by Crippen LogP contribution is -2.32. The highest BCUT2D eigenvalue weighted by molar-refractivity contribution is 6.10. The summed E-state index contributed by atoms with van der Waals surface area (Å²) in [4.78, 5) is 3.53. The van der Waals surface area contributed by atoms with Gasteiger partial charge < -0.3 is 15.0 Å². The molecule has 216 valence electrons. The molecule has 0 spiro atoms. The molecule has 7 rings (SSSR count). The first kappa shape index (κ1) is 27.3. The van der Waals surface area contributed by atoms with Crippen LogP contribution in [-0.2, 0) is 6.42 Å². The quantitative estimate of drug-likeness (QED) is 0.199. The third kappa shape index (κ3) is 5.72. The summed E-state index contributed by atoms with van der Waals surface area (Å²) in [5.74, 6) is 2.50. The van der Waals surface area contributed by atoms with Crippen LogP contribution >= 0.6 is 0 Å². The third-order valence-corrected chi connectivity index (χ3v) is 9.84. The summed E-state index contributed by atoms with van der Waals surface area (Å²) in [6.45, 7) is 3.26. The van der Waals surface area contributed by atoms with Gasteiger partial charge in [0.15, 0.2) is 0 Å². The van der Waals surface area contributed by atoms with Crippen LogP contribution in [0.25, 0.3) is 32.9 Å². The van der Waals surface area contributed by atoms with Crippen LogP contribution in [-0.4, -0.2) is 17.6 Å². The van der Waals surface area contributed by atoms with E-state index in [0.717, 1.165) is 52.5 Å². The Hall–Kier alpha value is -3.56. The molecule has 2 fully saturated rings. The van der Waals surface area contributed by atoms with E-state index in [-0.39, 0.29) is 0 Å². The van der Waals surface area contributed by atoms with Gasteiger partial charge in [0.2, 0.25) is 0 Å². The lowest BCUT2D eigenvalue weighted by molar-refractivity contribution is 0.375. The van der Waals surface area contributed by atoms with Gasteiger partial charge in [0.1, 0.15) is 11.5 Å². The average Bonchev–Trinajstić information content (AvgIpc) is 3.43. The number of ether oxygens (including phenoxy) is 1. The van der Waals surface area contributed by atoms with Crippen molar-refractivity contribution in [1.82, 2.24) is 10.3 Å². The van der Waals surface area contributed by atoms with E-state index in [4.69, 9.17) is 4.74 Å². The second-order valence-electron chi connectivity index (χ2n) is 12.7. The molecule has 1 aromatic heterocycles. The van der Waals surface area contributed by atoms with Crippen molar-refractivity contribution in [3.8, 4) is 22.6 Å². The maximum Gasteiger partial charge on any atom is 0.137 e. The number of para-hydroxylation sites is 1. The summed E-state index contributed by atoms with van der Waals surface area (Å²) in [6, 6.07) is 29.4. The molecule has 0 amide bonds. The lowest BCUT2D eigenvalue weighted by Gasteiger charge is -2.26. The predicted molar refractivity (Wildman–Crippen MR) is 177 cm³/mol. The fourth-order valence-electron chi connectivity index (χ4n) is 7.53. The first-order valence-electron chi connectivity index (χ1n) is 16.4. The molecule has 3 heteroatoms. The molecule has 0 aliphatic heterocycles. The van der Waals surface area contributed by atoms with E-state index in [9.17, 15) is 0 Å². The summed E-state index contributed by atoms with van der Waals surface area (Å²) in [5, 5.41) is 6.22. The van der Waals surface area contributed by atoms with E-state index in [1.54, 1.807) is 11.1 Å². The van der Waals surface area contributed by atoms with E-state index < -0.39 is 0 Å². The minimum absolute atomic E-state index is 0.698. The van der Waals surface area contributed by atoms with Crippen molar-refractivity contribution in [1.29, 1.82) is 0 Å². The van der Waals surface area contributed by atoms with Crippen LogP contribution in [0.5, 0.6) is 11.5 Å². The molecule has 2 aliphatic rings. The Labute approximate surface area is 250 Å². The van der Waals surface area contributed by atoms with Crippen LogP contribution in [0.3, 0.4) is 0 Å². The molecule has 2 N–H and O–H groups in total. The van der Waals surface area contributed by atoms with Gasteiger partial charge in [0.25, 0.3) is 0 Å². The van der Waals surface area contributed by atoms with Crippen LogP contribution < -0.4 is 10.1 Å². The molecular formula is C39H44N2O. The smallest absolute Gasteiger partial charge is 0.137 e. The van der Waals surface area contributed by atoms with Crippen molar-refractivity contribution in [3.05, 3.63) is 95.6 Å². The second-order valence-corrected chi connectivity index (χ2v) is 12.7. The first-order chi connectivity index (χ1) is 20.7. The number of H-pyrrole nitrogens is 1. The Morgan fingerprint density at radius 2 is 1.45 bits per heavy atom. The van der Waals surface area contributed by atoms with E-state index in [1.165, 1.54) is 80.7 Å².